The fraction of sp³-hybridized carbons (Fsp3) is 0.240. The van der Waals surface area contributed by atoms with Crippen molar-refractivity contribution in [2.75, 3.05) is 5.32 Å². The van der Waals surface area contributed by atoms with Gasteiger partial charge in [0, 0.05) is 11.8 Å². The summed E-state index contributed by atoms with van der Waals surface area (Å²) >= 11 is 0. The van der Waals surface area contributed by atoms with E-state index >= 15 is 0 Å². The molecule has 0 radical (unpaired) electrons. The van der Waals surface area contributed by atoms with E-state index < -0.39 is 5.63 Å². The molecule has 0 aliphatic heterocycles. The maximum atomic E-state index is 12.7. The molecule has 0 amide bonds. The maximum Gasteiger partial charge on any atom is 0.347 e. The van der Waals surface area contributed by atoms with Crippen molar-refractivity contribution in [2.24, 2.45) is 0 Å². The van der Waals surface area contributed by atoms with Crippen LogP contribution < -0.4 is 10.9 Å². The number of furan rings is 1. The number of anilines is 2. The van der Waals surface area contributed by atoms with Gasteiger partial charge in [-0.2, -0.15) is 0 Å². The standard InChI is InChI=1S/C25H25NO3/c1-15-8-6-7-9-19(15)26-23-21(17-10-12-18(13-11-17)25(3,4)5)22-20(29-23)14-16(2)28-24(22)27/h6-14,26H,1-5H3. The Morgan fingerprint density at radius 1 is 0.897 bits per heavy atom. The molecule has 2 heterocycles. The Morgan fingerprint density at radius 2 is 1.59 bits per heavy atom. The zero-order valence-corrected chi connectivity index (χ0v) is 17.4. The third kappa shape index (κ3) is 3.58. The molecule has 0 spiro atoms. The normalized spacial score (nSPS) is 11.8. The van der Waals surface area contributed by atoms with E-state index in [9.17, 15) is 4.79 Å². The fourth-order valence-electron chi connectivity index (χ4n) is 3.50. The molecule has 4 nitrogen and oxygen atoms in total. The topological polar surface area (TPSA) is 55.4 Å². The van der Waals surface area contributed by atoms with E-state index in [1.165, 1.54) is 5.56 Å². The summed E-state index contributed by atoms with van der Waals surface area (Å²) in [7, 11) is 0. The first-order valence-electron chi connectivity index (χ1n) is 9.75. The van der Waals surface area contributed by atoms with E-state index in [-0.39, 0.29) is 5.41 Å². The summed E-state index contributed by atoms with van der Waals surface area (Å²) in [6.07, 6.45) is 0. The van der Waals surface area contributed by atoms with Crippen molar-refractivity contribution in [2.45, 2.75) is 40.0 Å². The van der Waals surface area contributed by atoms with Crippen LogP contribution in [-0.4, -0.2) is 0 Å². The molecule has 0 unspecified atom stereocenters. The summed E-state index contributed by atoms with van der Waals surface area (Å²) in [4.78, 5) is 12.7. The Labute approximate surface area is 170 Å². The maximum absolute atomic E-state index is 12.7. The molecule has 4 heteroatoms. The summed E-state index contributed by atoms with van der Waals surface area (Å²) in [5, 5.41) is 3.83. The predicted octanol–water partition coefficient (Wildman–Crippen LogP) is 6.71. The van der Waals surface area contributed by atoms with Gasteiger partial charge >= 0.3 is 5.63 Å². The molecule has 0 atom stereocenters. The van der Waals surface area contributed by atoms with Gasteiger partial charge in [0.25, 0.3) is 0 Å². The highest BCUT2D eigenvalue weighted by atomic mass is 16.4. The molecule has 2 aromatic carbocycles. The number of hydrogen-bond donors (Lipinski definition) is 1. The van der Waals surface area contributed by atoms with Crippen LogP contribution in [0.1, 0.15) is 37.7 Å². The zero-order chi connectivity index (χ0) is 20.8. The van der Waals surface area contributed by atoms with Crippen LogP contribution in [0.3, 0.4) is 0 Å². The summed E-state index contributed by atoms with van der Waals surface area (Å²) in [5.74, 6) is 1.06. The van der Waals surface area contributed by atoms with Crippen molar-refractivity contribution in [1.82, 2.24) is 0 Å². The van der Waals surface area contributed by atoms with Crippen LogP contribution in [0.4, 0.5) is 11.6 Å². The molecule has 148 valence electrons. The highest BCUT2D eigenvalue weighted by Gasteiger charge is 2.22. The Hall–Kier alpha value is -3.27. The molecular weight excluding hydrogens is 362 g/mol. The van der Waals surface area contributed by atoms with Crippen LogP contribution in [0.5, 0.6) is 0 Å². The molecule has 0 fully saturated rings. The van der Waals surface area contributed by atoms with E-state index in [0.717, 1.165) is 22.4 Å². The lowest BCUT2D eigenvalue weighted by Gasteiger charge is -2.19. The van der Waals surface area contributed by atoms with Crippen molar-refractivity contribution in [3.05, 3.63) is 81.9 Å². The minimum atomic E-state index is -0.392. The number of aryl methyl sites for hydroxylation is 2. The van der Waals surface area contributed by atoms with Crippen LogP contribution in [0, 0.1) is 13.8 Å². The van der Waals surface area contributed by atoms with Crippen LogP contribution in [0.2, 0.25) is 0 Å². The Kier molecular flexibility index (Phi) is 4.58. The number of nitrogens with one attached hydrogen (secondary N) is 1. The number of benzene rings is 2. The van der Waals surface area contributed by atoms with Gasteiger partial charge in [-0.1, -0.05) is 63.2 Å². The molecule has 4 rings (SSSR count). The zero-order valence-electron chi connectivity index (χ0n) is 17.4. The number of para-hydroxylation sites is 1. The van der Waals surface area contributed by atoms with E-state index in [4.69, 9.17) is 8.83 Å². The second kappa shape index (κ2) is 6.96. The molecular formula is C25H25NO3. The van der Waals surface area contributed by atoms with Crippen molar-refractivity contribution in [3.8, 4) is 11.1 Å². The lowest BCUT2D eigenvalue weighted by atomic mass is 9.86. The van der Waals surface area contributed by atoms with Crippen LogP contribution >= 0.6 is 0 Å². The minimum absolute atomic E-state index is 0.0510. The number of fused-ring (bicyclic) bond motifs is 1. The lowest BCUT2D eigenvalue weighted by molar-refractivity contribution is 0.485. The summed E-state index contributed by atoms with van der Waals surface area (Å²) in [6.45, 7) is 10.3. The van der Waals surface area contributed by atoms with E-state index in [0.29, 0.717) is 22.6 Å². The van der Waals surface area contributed by atoms with Crippen molar-refractivity contribution < 1.29 is 8.83 Å². The van der Waals surface area contributed by atoms with Gasteiger partial charge in [0.15, 0.2) is 0 Å². The quantitative estimate of drug-likeness (QED) is 0.424. The molecule has 0 bridgehead atoms. The molecule has 0 aliphatic carbocycles. The molecule has 29 heavy (non-hydrogen) atoms. The van der Waals surface area contributed by atoms with Gasteiger partial charge in [0.1, 0.15) is 16.7 Å². The van der Waals surface area contributed by atoms with Crippen LogP contribution in [0.25, 0.3) is 22.1 Å². The van der Waals surface area contributed by atoms with Crippen molar-refractivity contribution in [3.63, 3.8) is 0 Å². The van der Waals surface area contributed by atoms with Crippen LogP contribution in [-0.2, 0) is 5.41 Å². The van der Waals surface area contributed by atoms with E-state index in [1.807, 2.05) is 43.3 Å². The van der Waals surface area contributed by atoms with Gasteiger partial charge in [-0.25, -0.2) is 4.79 Å². The monoisotopic (exact) mass is 387 g/mol. The first-order chi connectivity index (χ1) is 13.7. The van der Waals surface area contributed by atoms with Crippen molar-refractivity contribution in [1.29, 1.82) is 0 Å². The Bertz CT molecular complexity index is 1240. The second-order valence-electron chi connectivity index (χ2n) is 8.46. The average molecular weight is 387 g/mol. The minimum Gasteiger partial charge on any atom is -0.439 e. The van der Waals surface area contributed by atoms with E-state index in [2.05, 4.69) is 38.2 Å². The highest BCUT2D eigenvalue weighted by molar-refractivity contribution is 6.00. The predicted molar refractivity (Wildman–Crippen MR) is 118 cm³/mol. The summed E-state index contributed by atoms with van der Waals surface area (Å²) < 4.78 is 11.5. The third-order valence-corrected chi connectivity index (χ3v) is 5.16. The molecule has 0 aliphatic rings. The van der Waals surface area contributed by atoms with Gasteiger partial charge < -0.3 is 14.2 Å². The molecule has 4 aromatic rings. The lowest BCUT2D eigenvalue weighted by Crippen LogP contribution is -2.10. The fourth-order valence-corrected chi connectivity index (χ4v) is 3.50. The van der Waals surface area contributed by atoms with Gasteiger partial charge in [0.05, 0.1) is 5.56 Å². The molecule has 0 saturated heterocycles. The van der Waals surface area contributed by atoms with Gasteiger partial charge in [-0.3, -0.25) is 0 Å². The number of rotatable bonds is 3. The second-order valence-corrected chi connectivity index (χ2v) is 8.46. The van der Waals surface area contributed by atoms with Gasteiger partial charge in [-0.15, -0.1) is 0 Å². The smallest absolute Gasteiger partial charge is 0.347 e. The van der Waals surface area contributed by atoms with Gasteiger partial charge in [0.2, 0.25) is 5.88 Å². The first-order valence-corrected chi connectivity index (χ1v) is 9.75. The molecule has 0 saturated carbocycles. The van der Waals surface area contributed by atoms with Crippen molar-refractivity contribution >= 4 is 22.5 Å². The average Bonchev–Trinajstić information content (AvgIpc) is 3.01. The summed E-state index contributed by atoms with van der Waals surface area (Å²) in [5.41, 5.74) is 5.05. The van der Waals surface area contributed by atoms with Crippen LogP contribution in [0.15, 0.2) is 68.2 Å². The third-order valence-electron chi connectivity index (χ3n) is 5.16. The Balaban J connectivity index is 1.93. The first kappa shape index (κ1) is 19.1. The van der Waals surface area contributed by atoms with Gasteiger partial charge in [-0.05, 0) is 42.0 Å². The largest absolute Gasteiger partial charge is 0.439 e. The summed E-state index contributed by atoms with van der Waals surface area (Å²) in [6, 6.07) is 18.0. The SMILES string of the molecule is Cc1cc2oc(Nc3ccccc3C)c(-c3ccc(C(C)(C)C)cc3)c2c(=O)o1. The highest BCUT2D eigenvalue weighted by Crippen LogP contribution is 2.39. The number of hydrogen-bond acceptors (Lipinski definition) is 4. The Morgan fingerprint density at radius 3 is 2.24 bits per heavy atom. The van der Waals surface area contributed by atoms with E-state index in [1.54, 1.807) is 13.0 Å². The molecule has 1 N–H and O–H groups in total. The molecule has 2 aromatic heterocycles.